The van der Waals surface area contributed by atoms with Gasteiger partial charge in [-0.15, -0.1) is 10.2 Å². The third-order valence-corrected chi connectivity index (χ3v) is 4.73. The number of aromatic amines is 1. The van der Waals surface area contributed by atoms with Gasteiger partial charge >= 0.3 is 0 Å². The molecule has 0 radical (unpaired) electrons. The van der Waals surface area contributed by atoms with Gasteiger partial charge in [-0.25, -0.2) is 4.98 Å². The highest BCUT2D eigenvalue weighted by Crippen LogP contribution is 2.26. The van der Waals surface area contributed by atoms with Gasteiger partial charge < -0.3 is 4.98 Å². The van der Waals surface area contributed by atoms with Gasteiger partial charge in [-0.05, 0) is 6.92 Å². The Morgan fingerprint density at radius 2 is 2.04 bits per heavy atom. The first-order valence-electron chi connectivity index (χ1n) is 6.99. The van der Waals surface area contributed by atoms with Gasteiger partial charge in [0.1, 0.15) is 5.01 Å². The third-order valence-electron chi connectivity index (χ3n) is 2.96. The van der Waals surface area contributed by atoms with Crippen molar-refractivity contribution in [3.8, 4) is 10.6 Å². The van der Waals surface area contributed by atoms with Crippen molar-refractivity contribution in [3.05, 3.63) is 52.4 Å². The van der Waals surface area contributed by atoms with Crippen LogP contribution >= 0.6 is 23.1 Å². The summed E-state index contributed by atoms with van der Waals surface area (Å²) < 4.78 is 0. The van der Waals surface area contributed by atoms with Gasteiger partial charge in [0.05, 0.1) is 5.75 Å². The molecule has 9 heteroatoms. The first-order valence-corrected chi connectivity index (χ1v) is 8.79. The van der Waals surface area contributed by atoms with Crippen LogP contribution in [-0.4, -0.2) is 31.8 Å². The molecule has 3 rings (SSSR count). The molecule has 122 valence electrons. The average Bonchev–Trinajstić information content (AvgIpc) is 3.02. The van der Waals surface area contributed by atoms with Crippen LogP contribution in [0.4, 0.5) is 5.13 Å². The molecule has 0 saturated heterocycles. The van der Waals surface area contributed by atoms with Gasteiger partial charge in [0.15, 0.2) is 5.16 Å². The van der Waals surface area contributed by atoms with Crippen molar-refractivity contribution in [1.29, 1.82) is 0 Å². The second kappa shape index (κ2) is 7.37. The molecule has 1 aromatic carbocycles. The summed E-state index contributed by atoms with van der Waals surface area (Å²) in [6.07, 6.45) is 1.40. The van der Waals surface area contributed by atoms with Crippen molar-refractivity contribution in [2.75, 3.05) is 11.1 Å². The summed E-state index contributed by atoms with van der Waals surface area (Å²) in [5.74, 6) is -0.120. The Balaban J connectivity index is 1.59. The lowest BCUT2D eigenvalue weighted by molar-refractivity contribution is -0.113. The van der Waals surface area contributed by atoms with Gasteiger partial charge in [-0.3, -0.25) is 14.9 Å². The van der Waals surface area contributed by atoms with E-state index in [0.29, 0.717) is 10.3 Å². The van der Waals surface area contributed by atoms with E-state index in [1.165, 1.54) is 29.2 Å². The van der Waals surface area contributed by atoms with Crippen LogP contribution in [0.3, 0.4) is 0 Å². The summed E-state index contributed by atoms with van der Waals surface area (Å²) in [5, 5.41) is 12.3. The van der Waals surface area contributed by atoms with Gasteiger partial charge in [-0.1, -0.05) is 52.9 Å². The number of thioether (sulfide) groups is 1. The highest BCUT2D eigenvalue weighted by molar-refractivity contribution is 7.99. The zero-order valence-corrected chi connectivity index (χ0v) is 14.3. The fourth-order valence-electron chi connectivity index (χ4n) is 1.80. The maximum atomic E-state index is 11.9. The number of benzene rings is 1. The minimum Gasteiger partial charge on any atom is -0.301 e. The molecule has 0 saturated carbocycles. The van der Waals surface area contributed by atoms with Crippen LogP contribution in [0.5, 0.6) is 0 Å². The van der Waals surface area contributed by atoms with Crippen molar-refractivity contribution >= 4 is 34.1 Å². The standard InChI is InChI=1S/C15H13N5O2S2/c1-9-2-4-10(5-3-9)13-19-20-15(24-13)18-12(22)8-23-14-16-7-6-11(21)17-14/h2-7H,8H2,1H3,(H,16,17,21)(H,18,20,22). The lowest BCUT2D eigenvalue weighted by Crippen LogP contribution is -2.15. The number of hydrogen-bond acceptors (Lipinski definition) is 7. The molecule has 0 aliphatic heterocycles. The molecule has 7 nitrogen and oxygen atoms in total. The van der Waals surface area contributed by atoms with E-state index in [4.69, 9.17) is 0 Å². The fourth-order valence-corrected chi connectivity index (χ4v) is 3.21. The Hall–Kier alpha value is -2.52. The Labute approximate surface area is 145 Å². The molecule has 0 bridgehead atoms. The smallest absolute Gasteiger partial charge is 0.251 e. The second-order valence-corrected chi connectivity index (χ2v) is 6.80. The van der Waals surface area contributed by atoms with Gasteiger partial charge in [0.25, 0.3) is 5.56 Å². The molecule has 0 fully saturated rings. The summed E-state index contributed by atoms with van der Waals surface area (Å²) >= 11 is 2.45. The summed E-state index contributed by atoms with van der Waals surface area (Å²) in [6, 6.07) is 9.25. The quantitative estimate of drug-likeness (QED) is 0.536. The fraction of sp³-hybridized carbons (Fsp3) is 0.133. The van der Waals surface area contributed by atoms with E-state index in [1.54, 1.807) is 0 Å². The van der Waals surface area contributed by atoms with E-state index in [1.807, 2.05) is 31.2 Å². The number of carbonyl (C=O) groups excluding carboxylic acids is 1. The lowest BCUT2D eigenvalue weighted by atomic mass is 10.2. The predicted molar refractivity (Wildman–Crippen MR) is 94.3 cm³/mol. The topological polar surface area (TPSA) is 101 Å². The zero-order valence-electron chi connectivity index (χ0n) is 12.6. The number of carbonyl (C=O) groups is 1. The predicted octanol–water partition coefficient (Wildman–Crippen LogP) is 2.33. The third kappa shape index (κ3) is 4.27. The highest BCUT2D eigenvalue weighted by Gasteiger charge is 2.10. The molecule has 0 unspecified atom stereocenters. The van der Waals surface area contributed by atoms with E-state index in [0.717, 1.165) is 22.3 Å². The monoisotopic (exact) mass is 359 g/mol. The Bertz CT molecular complexity index is 904. The number of nitrogens with one attached hydrogen (secondary N) is 2. The summed E-state index contributed by atoms with van der Waals surface area (Å²) in [4.78, 5) is 29.6. The van der Waals surface area contributed by atoms with Crippen LogP contribution in [0, 0.1) is 6.92 Å². The zero-order chi connectivity index (χ0) is 16.9. The number of nitrogens with zero attached hydrogens (tertiary/aromatic N) is 3. The van der Waals surface area contributed by atoms with Crippen LogP contribution in [0.1, 0.15) is 5.56 Å². The van der Waals surface area contributed by atoms with E-state index >= 15 is 0 Å². The Morgan fingerprint density at radius 1 is 1.25 bits per heavy atom. The molecular formula is C15H13N5O2S2. The molecule has 0 aliphatic rings. The van der Waals surface area contributed by atoms with E-state index in [9.17, 15) is 9.59 Å². The van der Waals surface area contributed by atoms with Crippen molar-refractivity contribution < 1.29 is 4.79 Å². The number of aryl methyl sites for hydroxylation is 1. The van der Waals surface area contributed by atoms with Crippen molar-refractivity contribution in [3.63, 3.8) is 0 Å². The minimum absolute atomic E-state index is 0.117. The van der Waals surface area contributed by atoms with E-state index < -0.39 is 0 Å². The minimum atomic E-state index is -0.250. The number of amides is 1. The molecule has 3 aromatic rings. The summed E-state index contributed by atoms with van der Waals surface area (Å²) in [5.41, 5.74) is 1.88. The average molecular weight is 359 g/mol. The maximum absolute atomic E-state index is 11.9. The van der Waals surface area contributed by atoms with Crippen LogP contribution in [0.2, 0.25) is 0 Å². The largest absolute Gasteiger partial charge is 0.301 e. The number of H-pyrrole nitrogens is 1. The first-order chi connectivity index (χ1) is 11.6. The number of anilines is 1. The van der Waals surface area contributed by atoms with Crippen LogP contribution < -0.4 is 10.9 Å². The number of rotatable bonds is 5. The number of aromatic nitrogens is 4. The molecule has 0 atom stereocenters. The van der Waals surface area contributed by atoms with Crippen molar-refractivity contribution in [2.24, 2.45) is 0 Å². The van der Waals surface area contributed by atoms with E-state index in [2.05, 4.69) is 25.5 Å². The molecule has 0 aliphatic carbocycles. The van der Waals surface area contributed by atoms with Crippen molar-refractivity contribution in [2.45, 2.75) is 12.1 Å². The molecule has 0 spiro atoms. The molecule has 1 amide bonds. The van der Waals surface area contributed by atoms with Crippen molar-refractivity contribution in [1.82, 2.24) is 20.2 Å². The second-order valence-electron chi connectivity index (χ2n) is 4.85. The van der Waals surface area contributed by atoms with E-state index in [-0.39, 0.29) is 17.2 Å². The Morgan fingerprint density at radius 3 is 2.79 bits per heavy atom. The van der Waals surface area contributed by atoms with Crippen LogP contribution in [0.15, 0.2) is 46.5 Å². The first kappa shape index (κ1) is 16.3. The molecule has 2 aromatic heterocycles. The van der Waals surface area contributed by atoms with Gasteiger partial charge in [0.2, 0.25) is 11.0 Å². The highest BCUT2D eigenvalue weighted by atomic mass is 32.2. The molecule has 2 heterocycles. The maximum Gasteiger partial charge on any atom is 0.251 e. The van der Waals surface area contributed by atoms with Gasteiger partial charge in [0, 0.05) is 17.8 Å². The molecule has 2 N–H and O–H groups in total. The van der Waals surface area contributed by atoms with Crippen LogP contribution in [-0.2, 0) is 4.79 Å². The SMILES string of the molecule is Cc1ccc(-c2nnc(NC(=O)CSc3nccc(=O)[nH]3)s2)cc1. The number of hydrogen-bond donors (Lipinski definition) is 2. The lowest BCUT2D eigenvalue weighted by Gasteiger charge is -2.00. The molecule has 24 heavy (non-hydrogen) atoms. The summed E-state index contributed by atoms with van der Waals surface area (Å²) in [7, 11) is 0. The van der Waals surface area contributed by atoms with Gasteiger partial charge in [-0.2, -0.15) is 0 Å². The van der Waals surface area contributed by atoms with Crippen LogP contribution in [0.25, 0.3) is 10.6 Å². The Kier molecular flexibility index (Phi) is 5.02. The molecular weight excluding hydrogens is 346 g/mol. The summed E-state index contributed by atoms with van der Waals surface area (Å²) in [6.45, 7) is 2.02. The normalized spacial score (nSPS) is 10.5.